The number of carbonyl (C=O) groups excluding carboxylic acids is 1. The number of pyridine rings is 1. The number of amides is 1. The molecule has 2 fully saturated rings. The van der Waals surface area contributed by atoms with Gasteiger partial charge in [-0.3, -0.25) is 9.78 Å². The predicted molar refractivity (Wildman–Crippen MR) is 93.9 cm³/mol. The normalized spacial score (nSPS) is 32.7. The molecular formula is C18H18F5N3OS. The van der Waals surface area contributed by atoms with E-state index in [2.05, 4.69) is 15.3 Å². The standard InChI is InChI=1S/C18H18F5N3OS/c1-16(17(19,20)11-4-5-24-13(8-11)18(21,22)23)14(27)26-15(28-16)25-12-7-9-2-3-10(12)6-9/h4-5,8-10,12H,2-3,6-7H2,1H3,(H,25,26,27). The predicted octanol–water partition coefficient (Wildman–Crippen LogP) is 4.36. The van der Waals surface area contributed by atoms with Gasteiger partial charge in [0.15, 0.2) is 9.91 Å². The molecule has 2 heterocycles. The fourth-order valence-electron chi connectivity index (χ4n) is 4.36. The van der Waals surface area contributed by atoms with E-state index >= 15 is 8.78 Å². The van der Waals surface area contributed by atoms with Crippen molar-refractivity contribution in [2.45, 2.75) is 55.5 Å². The van der Waals surface area contributed by atoms with Gasteiger partial charge in [0.05, 0.1) is 0 Å². The molecular weight excluding hydrogens is 401 g/mol. The average molecular weight is 419 g/mol. The van der Waals surface area contributed by atoms with Crippen molar-refractivity contribution < 1.29 is 26.7 Å². The second-order valence-corrected chi connectivity index (χ2v) is 9.19. The second-order valence-electron chi connectivity index (χ2n) is 7.79. The Morgan fingerprint density at radius 1 is 1.21 bits per heavy atom. The molecule has 10 heteroatoms. The van der Waals surface area contributed by atoms with Crippen molar-refractivity contribution in [3.8, 4) is 0 Å². The Labute approximate surface area is 162 Å². The van der Waals surface area contributed by atoms with Crippen molar-refractivity contribution >= 4 is 22.8 Å². The van der Waals surface area contributed by atoms with Crippen LogP contribution in [0.2, 0.25) is 0 Å². The number of thioether (sulfide) groups is 1. The van der Waals surface area contributed by atoms with Crippen LogP contribution in [-0.2, 0) is 16.9 Å². The molecule has 2 aliphatic carbocycles. The zero-order valence-electron chi connectivity index (χ0n) is 14.9. The Bertz CT molecular complexity index is 843. The summed E-state index contributed by atoms with van der Waals surface area (Å²) in [6.07, 6.45) is 0.0678. The van der Waals surface area contributed by atoms with E-state index in [1.165, 1.54) is 6.42 Å². The minimum Gasteiger partial charge on any atom is -0.361 e. The maximum Gasteiger partial charge on any atom is 0.433 e. The van der Waals surface area contributed by atoms with Crippen LogP contribution in [-0.4, -0.2) is 26.8 Å². The third kappa shape index (κ3) is 3.09. The summed E-state index contributed by atoms with van der Waals surface area (Å²) in [4.78, 5) is 19.2. The molecule has 2 bridgehead atoms. The van der Waals surface area contributed by atoms with Gasteiger partial charge in [0.1, 0.15) is 5.69 Å². The number of aromatic nitrogens is 1. The molecule has 0 aromatic carbocycles. The lowest BCUT2D eigenvalue weighted by atomic mass is 9.94. The van der Waals surface area contributed by atoms with Crippen LogP contribution in [0, 0.1) is 11.8 Å². The number of carbonyl (C=O) groups is 1. The van der Waals surface area contributed by atoms with Crippen LogP contribution in [0.3, 0.4) is 0 Å². The molecule has 0 radical (unpaired) electrons. The largest absolute Gasteiger partial charge is 0.433 e. The number of rotatable bonds is 3. The molecule has 4 rings (SSSR count). The first-order chi connectivity index (χ1) is 13.0. The van der Waals surface area contributed by atoms with E-state index in [4.69, 9.17) is 0 Å². The van der Waals surface area contributed by atoms with E-state index in [9.17, 15) is 18.0 Å². The Hall–Kier alpha value is -1.71. The highest BCUT2D eigenvalue weighted by molar-refractivity contribution is 8.16. The van der Waals surface area contributed by atoms with Crippen LogP contribution in [0.25, 0.3) is 0 Å². The number of aliphatic imine (C=N–C) groups is 1. The maximum atomic E-state index is 15.2. The molecule has 0 saturated heterocycles. The van der Waals surface area contributed by atoms with Crippen LogP contribution >= 0.6 is 11.8 Å². The van der Waals surface area contributed by atoms with Crippen molar-refractivity contribution in [3.63, 3.8) is 0 Å². The highest BCUT2D eigenvalue weighted by atomic mass is 32.2. The first-order valence-electron chi connectivity index (χ1n) is 9.01. The van der Waals surface area contributed by atoms with E-state index in [1.807, 2.05) is 0 Å². The number of nitrogens with one attached hydrogen (secondary N) is 1. The molecule has 4 nitrogen and oxygen atoms in total. The molecule has 4 atom stereocenters. The van der Waals surface area contributed by atoms with Gasteiger partial charge in [0.25, 0.3) is 11.8 Å². The van der Waals surface area contributed by atoms with Crippen molar-refractivity contribution in [1.82, 2.24) is 10.3 Å². The number of amidine groups is 1. The van der Waals surface area contributed by atoms with Gasteiger partial charge in [-0.25, -0.2) is 0 Å². The molecule has 152 valence electrons. The van der Waals surface area contributed by atoms with Crippen LogP contribution in [0.1, 0.15) is 43.9 Å². The van der Waals surface area contributed by atoms with Crippen molar-refractivity contribution in [3.05, 3.63) is 29.6 Å². The molecule has 3 aliphatic rings. The van der Waals surface area contributed by atoms with Gasteiger partial charge in [-0.1, -0.05) is 18.2 Å². The van der Waals surface area contributed by atoms with E-state index in [-0.39, 0.29) is 11.2 Å². The summed E-state index contributed by atoms with van der Waals surface area (Å²) in [6.45, 7) is 1.02. The molecule has 2 saturated carbocycles. The molecule has 1 aromatic heterocycles. The van der Waals surface area contributed by atoms with Crippen molar-refractivity contribution in [1.29, 1.82) is 0 Å². The summed E-state index contributed by atoms with van der Waals surface area (Å²) >= 11 is 0.588. The second kappa shape index (κ2) is 6.40. The lowest BCUT2D eigenvalue weighted by Gasteiger charge is -2.31. The summed E-state index contributed by atoms with van der Waals surface area (Å²) in [5.41, 5.74) is -2.33. The molecule has 0 spiro atoms. The highest BCUT2D eigenvalue weighted by Crippen LogP contribution is 2.52. The summed E-state index contributed by atoms with van der Waals surface area (Å²) in [7, 11) is 0. The summed E-state index contributed by atoms with van der Waals surface area (Å²) in [5, 5.41) is 3.24. The zero-order chi connectivity index (χ0) is 20.3. The molecule has 1 aromatic rings. The van der Waals surface area contributed by atoms with Gasteiger partial charge in [0, 0.05) is 17.8 Å². The third-order valence-electron chi connectivity index (χ3n) is 5.97. The van der Waals surface area contributed by atoms with E-state index < -0.39 is 34.0 Å². The van der Waals surface area contributed by atoms with Gasteiger partial charge in [-0.2, -0.15) is 26.9 Å². The molecule has 4 unspecified atom stereocenters. The topological polar surface area (TPSA) is 54.4 Å². The lowest BCUT2D eigenvalue weighted by molar-refractivity contribution is -0.141. The summed E-state index contributed by atoms with van der Waals surface area (Å²) in [6, 6.07) is 1.20. The number of hydrogen-bond donors (Lipinski definition) is 1. The molecule has 28 heavy (non-hydrogen) atoms. The van der Waals surface area contributed by atoms with Crippen LogP contribution in [0.15, 0.2) is 23.3 Å². The van der Waals surface area contributed by atoms with Gasteiger partial charge in [0.2, 0.25) is 0 Å². The lowest BCUT2D eigenvalue weighted by Crippen LogP contribution is -2.45. The molecule has 1 N–H and O–H groups in total. The zero-order valence-corrected chi connectivity index (χ0v) is 15.7. The number of alkyl halides is 5. The molecule has 1 amide bonds. The van der Waals surface area contributed by atoms with Crippen LogP contribution in [0.4, 0.5) is 22.0 Å². The van der Waals surface area contributed by atoms with Gasteiger partial charge < -0.3 is 5.32 Å². The van der Waals surface area contributed by atoms with Gasteiger partial charge in [-0.05, 0) is 50.2 Å². The Balaban J connectivity index is 1.55. The smallest absolute Gasteiger partial charge is 0.361 e. The Kier molecular flexibility index (Phi) is 4.48. The quantitative estimate of drug-likeness (QED) is 0.740. The maximum absolute atomic E-state index is 15.2. The fraction of sp³-hybridized carbons (Fsp3) is 0.611. The fourth-order valence-corrected chi connectivity index (χ4v) is 5.46. The number of halogens is 5. The third-order valence-corrected chi connectivity index (χ3v) is 7.21. The highest BCUT2D eigenvalue weighted by Gasteiger charge is 2.61. The van der Waals surface area contributed by atoms with Gasteiger partial charge >= 0.3 is 6.18 Å². The van der Waals surface area contributed by atoms with Crippen LogP contribution in [0.5, 0.6) is 0 Å². The Morgan fingerprint density at radius 3 is 2.57 bits per heavy atom. The monoisotopic (exact) mass is 419 g/mol. The van der Waals surface area contributed by atoms with Crippen molar-refractivity contribution in [2.24, 2.45) is 16.8 Å². The SMILES string of the molecule is CC1(C(F)(F)c2ccnc(C(F)(F)F)c2)SC(NC2CC3CCC2C3)=NC1=O. The first kappa shape index (κ1) is 19.6. The van der Waals surface area contributed by atoms with E-state index in [0.29, 0.717) is 35.9 Å². The summed E-state index contributed by atoms with van der Waals surface area (Å²) in [5.74, 6) is -3.85. The minimum absolute atomic E-state index is 0.103. The van der Waals surface area contributed by atoms with E-state index in [0.717, 1.165) is 32.3 Å². The number of hydrogen-bond acceptors (Lipinski definition) is 4. The average Bonchev–Trinajstić information content (AvgIpc) is 3.30. The Morgan fingerprint density at radius 2 is 1.96 bits per heavy atom. The van der Waals surface area contributed by atoms with Gasteiger partial charge in [-0.15, -0.1) is 0 Å². The minimum atomic E-state index is -4.86. The van der Waals surface area contributed by atoms with Crippen LogP contribution < -0.4 is 5.32 Å². The summed E-state index contributed by atoms with van der Waals surface area (Å²) < 4.78 is 66.6. The van der Waals surface area contributed by atoms with Crippen molar-refractivity contribution in [2.75, 3.05) is 0 Å². The first-order valence-corrected chi connectivity index (χ1v) is 9.82. The van der Waals surface area contributed by atoms with E-state index in [1.54, 1.807) is 0 Å². The number of fused-ring (bicyclic) bond motifs is 2. The number of nitrogens with zero attached hydrogens (tertiary/aromatic N) is 2. The molecule has 1 aliphatic heterocycles.